The number of nitrogens with zero attached hydrogens (tertiary/aromatic N) is 3. The Morgan fingerprint density at radius 2 is 1.74 bits per heavy atom. The zero-order valence-corrected chi connectivity index (χ0v) is 20.3. The second-order valence-electron chi connectivity index (χ2n) is 9.65. The Kier molecular flexibility index (Phi) is 5.89. The largest absolute Gasteiger partial charge is 0.371 e. The highest BCUT2D eigenvalue weighted by Crippen LogP contribution is 2.40. The Bertz CT molecular complexity index is 1120. The molecule has 1 atom stereocenters. The average Bonchev–Trinajstić information content (AvgIpc) is 3.46. The van der Waals surface area contributed by atoms with Crippen LogP contribution < -0.4 is 4.90 Å². The maximum Gasteiger partial charge on any atom is 0.250 e. The van der Waals surface area contributed by atoms with Gasteiger partial charge in [-0.2, -0.15) is 0 Å². The van der Waals surface area contributed by atoms with Crippen molar-refractivity contribution in [3.8, 4) is 10.4 Å². The van der Waals surface area contributed by atoms with Gasteiger partial charge in [0.25, 0.3) is 0 Å². The SMILES string of the molecule is O=C1N(C[C@H]2CO2)CN(c2ccccc2)C12CCN(CCc1ccccc1-c1cccs1)CC2. The normalized spacial score (nSPS) is 22.0. The summed E-state index contributed by atoms with van der Waals surface area (Å²) < 4.78 is 5.44. The molecule has 3 aromatic rings. The van der Waals surface area contributed by atoms with Crippen LogP contribution in [0.15, 0.2) is 72.1 Å². The molecule has 0 bridgehead atoms. The molecule has 1 amide bonds. The predicted octanol–water partition coefficient (Wildman–Crippen LogP) is 4.50. The van der Waals surface area contributed by atoms with Crippen LogP contribution in [0.2, 0.25) is 0 Å². The maximum atomic E-state index is 13.7. The van der Waals surface area contributed by atoms with Gasteiger partial charge in [0.1, 0.15) is 5.54 Å². The number of ether oxygens (including phenoxy) is 1. The van der Waals surface area contributed by atoms with Gasteiger partial charge in [-0.1, -0.05) is 48.5 Å². The molecular weight excluding hydrogens is 442 g/mol. The first-order valence-corrected chi connectivity index (χ1v) is 13.2. The highest BCUT2D eigenvalue weighted by Gasteiger charge is 2.54. The number of para-hydroxylation sites is 1. The van der Waals surface area contributed by atoms with Gasteiger partial charge >= 0.3 is 0 Å². The zero-order valence-electron chi connectivity index (χ0n) is 19.4. The summed E-state index contributed by atoms with van der Waals surface area (Å²) in [5.41, 5.74) is 3.48. The van der Waals surface area contributed by atoms with Crippen molar-refractivity contribution < 1.29 is 9.53 Å². The third kappa shape index (κ3) is 4.15. The standard InChI is InChI=1S/C28H31N3O2S/c32-27-28(31(23-8-2-1-3-9-23)21-30(27)19-24-20-33-24)13-16-29(17-14-28)15-12-22-7-4-5-10-25(22)26-11-6-18-34-26/h1-11,18,24H,12-17,19-21H2/t24-/m0/s1. The molecule has 3 fully saturated rings. The van der Waals surface area contributed by atoms with Crippen molar-refractivity contribution in [2.45, 2.75) is 30.9 Å². The highest BCUT2D eigenvalue weighted by atomic mass is 32.1. The lowest BCUT2D eigenvalue weighted by molar-refractivity contribution is -0.133. The van der Waals surface area contributed by atoms with Crippen LogP contribution >= 0.6 is 11.3 Å². The number of benzene rings is 2. The van der Waals surface area contributed by atoms with E-state index in [-0.39, 0.29) is 12.0 Å². The molecule has 1 aromatic heterocycles. The van der Waals surface area contributed by atoms with Gasteiger partial charge in [0.2, 0.25) is 5.91 Å². The Morgan fingerprint density at radius 3 is 2.47 bits per heavy atom. The fraction of sp³-hybridized carbons (Fsp3) is 0.393. The van der Waals surface area contributed by atoms with Crippen molar-refractivity contribution in [1.82, 2.24) is 9.80 Å². The molecule has 6 rings (SSSR count). The molecule has 0 saturated carbocycles. The molecule has 3 aliphatic heterocycles. The predicted molar refractivity (Wildman–Crippen MR) is 137 cm³/mol. The summed E-state index contributed by atoms with van der Waals surface area (Å²) in [6.45, 7) is 5.08. The molecule has 3 aliphatic rings. The van der Waals surface area contributed by atoms with Crippen LogP contribution in [0, 0.1) is 0 Å². The molecule has 1 spiro atoms. The maximum absolute atomic E-state index is 13.7. The van der Waals surface area contributed by atoms with E-state index in [2.05, 4.69) is 75.8 Å². The third-order valence-electron chi connectivity index (χ3n) is 7.59. The van der Waals surface area contributed by atoms with Crippen molar-refractivity contribution in [2.75, 3.05) is 44.4 Å². The molecule has 6 heteroatoms. The van der Waals surface area contributed by atoms with Gasteiger partial charge in [0.05, 0.1) is 25.9 Å². The van der Waals surface area contributed by atoms with Crippen LogP contribution in [-0.2, 0) is 16.0 Å². The number of thiophene rings is 1. The number of epoxide rings is 1. The van der Waals surface area contributed by atoms with Crippen LogP contribution in [0.1, 0.15) is 18.4 Å². The molecule has 5 nitrogen and oxygen atoms in total. The second kappa shape index (κ2) is 9.17. The summed E-state index contributed by atoms with van der Waals surface area (Å²) in [4.78, 5) is 22.0. The first kappa shape index (κ1) is 21.8. The average molecular weight is 474 g/mol. The van der Waals surface area contributed by atoms with Gasteiger partial charge in [-0.3, -0.25) is 4.79 Å². The molecular formula is C28H31N3O2S. The van der Waals surface area contributed by atoms with Crippen molar-refractivity contribution in [3.05, 3.63) is 77.7 Å². The van der Waals surface area contributed by atoms with Gasteiger partial charge in [-0.25, -0.2) is 0 Å². The van der Waals surface area contributed by atoms with E-state index in [1.807, 2.05) is 11.0 Å². The Hall–Kier alpha value is -2.67. The first-order chi connectivity index (χ1) is 16.7. The molecule has 34 heavy (non-hydrogen) atoms. The monoisotopic (exact) mass is 473 g/mol. The quantitative estimate of drug-likeness (QED) is 0.474. The Labute approximate surface area is 205 Å². The van der Waals surface area contributed by atoms with Gasteiger partial charge in [0.15, 0.2) is 0 Å². The number of hydrogen-bond acceptors (Lipinski definition) is 5. The number of carbonyl (C=O) groups is 1. The van der Waals surface area contributed by atoms with Gasteiger partial charge in [-0.05, 0) is 54.0 Å². The van der Waals surface area contributed by atoms with E-state index in [0.29, 0.717) is 13.2 Å². The molecule has 0 radical (unpaired) electrons. The second-order valence-corrected chi connectivity index (χ2v) is 10.6. The number of piperidine rings is 1. The summed E-state index contributed by atoms with van der Waals surface area (Å²) in [5.74, 6) is 0.287. The fourth-order valence-corrected chi connectivity index (χ4v) is 6.38. The molecule has 176 valence electrons. The summed E-state index contributed by atoms with van der Waals surface area (Å²) in [6, 6.07) is 23.6. The number of amides is 1. The van der Waals surface area contributed by atoms with E-state index in [0.717, 1.165) is 51.2 Å². The fourth-order valence-electron chi connectivity index (χ4n) is 5.60. The molecule has 0 unspecified atom stereocenters. The van der Waals surface area contributed by atoms with E-state index >= 15 is 0 Å². The van der Waals surface area contributed by atoms with Crippen molar-refractivity contribution in [2.24, 2.45) is 0 Å². The van der Waals surface area contributed by atoms with E-state index in [1.165, 1.54) is 16.0 Å². The Balaban J connectivity index is 1.15. The minimum absolute atomic E-state index is 0.222. The molecule has 2 aromatic carbocycles. The van der Waals surface area contributed by atoms with Crippen molar-refractivity contribution >= 4 is 22.9 Å². The number of anilines is 1. The van der Waals surface area contributed by atoms with Crippen molar-refractivity contribution in [3.63, 3.8) is 0 Å². The Morgan fingerprint density at radius 1 is 0.971 bits per heavy atom. The van der Waals surface area contributed by atoms with Crippen LogP contribution in [0.3, 0.4) is 0 Å². The highest BCUT2D eigenvalue weighted by molar-refractivity contribution is 7.13. The van der Waals surface area contributed by atoms with Crippen LogP contribution in [-0.4, -0.2) is 66.8 Å². The van der Waals surface area contributed by atoms with Crippen molar-refractivity contribution in [1.29, 1.82) is 0 Å². The lowest BCUT2D eigenvalue weighted by Gasteiger charge is -2.43. The molecule has 0 aliphatic carbocycles. The van der Waals surface area contributed by atoms with Crippen LogP contribution in [0.5, 0.6) is 0 Å². The van der Waals surface area contributed by atoms with Crippen LogP contribution in [0.25, 0.3) is 10.4 Å². The molecule has 3 saturated heterocycles. The lowest BCUT2D eigenvalue weighted by Crippen LogP contribution is -2.56. The molecule has 4 heterocycles. The number of likely N-dealkylation sites (tertiary alicyclic amines) is 1. The third-order valence-corrected chi connectivity index (χ3v) is 8.50. The van der Waals surface area contributed by atoms with Crippen LogP contribution in [0.4, 0.5) is 5.69 Å². The minimum Gasteiger partial charge on any atom is -0.371 e. The van der Waals surface area contributed by atoms with Gasteiger partial charge in [-0.15, -0.1) is 11.3 Å². The molecule has 0 N–H and O–H groups in total. The van der Waals surface area contributed by atoms with Gasteiger partial charge < -0.3 is 19.4 Å². The first-order valence-electron chi connectivity index (χ1n) is 12.3. The number of rotatable bonds is 7. The van der Waals surface area contributed by atoms with E-state index in [4.69, 9.17) is 4.74 Å². The lowest BCUT2D eigenvalue weighted by atomic mass is 9.85. The zero-order chi connectivity index (χ0) is 23.0. The summed E-state index contributed by atoms with van der Waals surface area (Å²) >= 11 is 1.80. The van der Waals surface area contributed by atoms with E-state index < -0.39 is 5.54 Å². The van der Waals surface area contributed by atoms with Gasteiger partial charge in [0, 0.05) is 30.2 Å². The summed E-state index contributed by atoms with van der Waals surface area (Å²) in [5, 5.41) is 2.14. The minimum atomic E-state index is -0.429. The van der Waals surface area contributed by atoms with E-state index in [1.54, 1.807) is 11.3 Å². The van der Waals surface area contributed by atoms with E-state index in [9.17, 15) is 4.79 Å². The summed E-state index contributed by atoms with van der Waals surface area (Å²) in [6.07, 6.45) is 2.99. The smallest absolute Gasteiger partial charge is 0.250 e. The summed E-state index contributed by atoms with van der Waals surface area (Å²) in [7, 11) is 0. The number of carbonyl (C=O) groups excluding carboxylic acids is 1. The number of hydrogen-bond donors (Lipinski definition) is 0. The topological polar surface area (TPSA) is 39.3 Å².